The van der Waals surface area contributed by atoms with E-state index in [0.29, 0.717) is 18.9 Å². The lowest BCUT2D eigenvalue weighted by Gasteiger charge is -2.15. The molecule has 5 nitrogen and oxygen atoms in total. The summed E-state index contributed by atoms with van der Waals surface area (Å²) >= 11 is 0. The molecule has 1 aromatic carbocycles. The maximum Gasteiger partial charge on any atom is 0.274 e. The molecule has 1 aliphatic carbocycles. The highest BCUT2D eigenvalue weighted by molar-refractivity contribution is 5.78. The number of benzene rings is 1. The number of H-pyrrole nitrogens is 1. The number of rotatable bonds is 4. The first kappa shape index (κ1) is 17.5. The van der Waals surface area contributed by atoms with Crippen LogP contribution in [-0.4, -0.2) is 22.2 Å². The Morgan fingerprint density at radius 1 is 1.24 bits per heavy atom. The Balaban J connectivity index is 1.75. The smallest absolute Gasteiger partial charge is 0.274 e. The minimum Gasteiger partial charge on any atom is -0.356 e. The predicted molar refractivity (Wildman–Crippen MR) is 99.1 cm³/mol. The number of aryl methyl sites for hydroxylation is 2. The van der Waals surface area contributed by atoms with E-state index in [2.05, 4.69) is 24.3 Å². The number of nitrogens with one attached hydrogen (secondary N) is 2. The number of hydrogen-bond donors (Lipinski definition) is 2. The Hall–Kier alpha value is -2.30. The third-order valence-electron chi connectivity index (χ3n) is 4.91. The van der Waals surface area contributed by atoms with Gasteiger partial charge in [0.15, 0.2) is 0 Å². The zero-order valence-corrected chi connectivity index (χ0v) is 15.3. The molecule has 1 aliphatic rings. The van der Waals surface area contributed by atoms with Gasteiger partial charge in [0.25, 0.3) is 5.56 Å². The molecule has 0 saturated carbocycles. The second kappa shape index (κ2) is 7.30. The third-order valence-corrected chi connectivity index (χ3v) is 4.91. The summed E-state index contributed by atoms with van der Waals surface area (Å²) in [6, 6.07) is 7.91. The Morgan fingerprint density at radius 3 is 2.60 bits per heavy atom. The van der Waals surface area contributed by atoms with Crippen LogP contribution in [0.25, 0.3) is 5.69 Å². The van der Waals surface area contributed by atoms with E-state index in [0.717, 1.165) is 36.2 Å². The minimum atomic E-state index is -0.00762. The maximum absolute atomic E-state index is 12.8. The zero-order valence-electron chi connectivity index (χ0n) is 15.3. The van der Waals surface area contributed by atoms with Crippen LogP contribution in [0.1, 0.15) is 43.5 Å². The van der Waals surface area contributed by atoms with E-state index in [4.69, 9.17) is 0 Å². The number of aromatic amines is 1. The Labute approximate surface area is 148 Å². The summed E-state index contributed by atoms with van der Waals surface area (Å²) < 4.78 is 1.63. The van der Waals surface area contributed by atoms with Gasteiger partial charge < -0.3 is 5.32 Å². The molecule has 1 heterocycles. The van der Waals surface area contributed by atoms with Gasteiger partial charge in [-0.25, -0.2) is 4.68 Å². The normalized spacial score (nSPS) is 17.2. The van der Waals surface area contributed by atoms with Gasteiger partial charge in [-0.05, 0) is 50.7 Å². The molecular weight excluding hydrogens is 314 g/mol. The molecule has 1 atom stereocenters. The molecule has 0 spiro atoms. The highest BCUT2D eigenvalue weighted by atomic mass is 16.2. The Kier molecular flexibility index (Phi) is 5.11. The summed E-state index contributed by atoms with van der Waals surface area (Å²) in [6.07, 6.45) is 2.91. The van der Waals surface area contributed by atoms with Gasteiger partial charge in [0.2, 0.25) is 5.91 Å². The van der Waals surface area contributed by atoms with Crippen molar-refractivity contribution in [2.75, 3.05) is 6.54 Å². The summed E-state index contributed by atoms with van der Waals surface area (Å²) in [6.45, 7) is 6.92. The predicted octanol–water partition coefficient (Wildman–Crippen LogP) is 2.74. The van der Waals surface area contributed by atoms with E-state index in [-0.39, 0.29) is 17.4 Å². The van der Waals surface area contributed by atoms with Crippen molar-refractivity contribution >= 4 is 5.91 Å². The first-order valence-corrected chi connectivity index (χ1v) is 9.13. The summed E-state index contributed by atoms with van der Waals surface area (Å²) in [5, 5.41) is 6.28. The molecule has 2 N–H and O–H groups in total. The van der Waals surface area contributed by atoms with E-state index in [1.165, 1.54) is 5.56 Å². The van der Waals surface area contributed by atoms with Crippen LogP contribution in [0.2, 0.25) is 0 Å². The molecule has 0 radical (unpaired) electrons. The molecule has 134 valence electrons. The van der Waals surface area contributed by atoms with Gasteiger partial charge in [0.1, 0.15) is 0 Å². The van der Waals surface area contributed by atoms with Crippen molar-refractivity contribution in [3.05, 3.63) is 51.4 Å². The van der Waals surface area contributed by atoms with Crippen molar-refractivity contribution in [3.63, 3.8) is 0 Å². The van der Waals surface area contributed by atoms with Gasteiger partial charge in [-0.15, -0.1) is 0 Å². The van der Waals surface area contributed by atoms with Crippen molar-refractivity contribution in [1.29, 1.82) is 0 Å². The molecule has 25 heavy (non-hydrogen) atoms. The topological polar surface area (TPSA) is 66.9 Å². The standard InChI is InChI=1S/C20H27N3O2/c1-13(2)12-21-19(24)15-6-10-17-18(11-7-15)22-23(20(17)25)16-8-4-14(3)5-9-16/h4-5,8-9,13,15,22H,6-7,10-12H2,1-3H3,(H,21,24). The van der Waals surface area contributed by atoms with Crippen LogP contribution >= 0.6 is 0 Å². The molecule has 0 aliphatic heterocycles. The average molecular weight is 341 g/mol. The molecular formula is C20H27N3O2. The highest BCUT2D eigenvalue weighted by Gasteiger charge is 2.26. The highest BCUT2D eigenvalue weighted by Crippen LogP contribution is 2.23. The summed E-state index contributed by atoms with van der Waals surface area (Å²) in [5.74, 6) is 0.564. The van der Waals surface area contributed by atoms with Crippen molar-refractivity contribution in [2.45, 2.75) is 46.5 Å². The van der Waals surface area contributed by atoms with Gasteiger partial charge in [-0.2, -0.15) is 0 Å². The molecule has 3 rings (SSSR count). The summed E-state index contributed by atoms with van der Waals surface area (Å²) in [7, 11) is 0. The lowest BCUT2D eigenvalue weighted by atomic mass is 9.98. The second-order valence-electron chi connectivity index (χ2n) is 7.46. The fourth-order valence-electron chi connectivity index (χ4n) is 3.35. The average Bonchev–Trinajstić information content (AvgIpc) is 2.77. The number of carbonyl (C=O) groups excluding carboxylic acids is 1. The van der Waals surface area contributed by atoms with Crippen molar-refractivity contribution in [1.82, 2.24) is 15.1 Å². The van der Waals surface area contributed by atoms with E-state index in [9.17, 15) is 9.59 Å². The number of nitrogens with zero attached hydrogens (tertiary/aromatic N) is 1. The van der Waals surface area contributed by atoms with Gasteiger partial charge in [-0.1, -0.05) is 31.5 Å². The number of fused-ring (bicyclic) bond motifs is 1. The Morgan fingerprint density at radius 2 is 1.92 bits per heavy atom. The second-order valence-corrected chi connectivity index (χ2v) is 7.46. The molecule has 0 saturated heterocycles. The van der Waals surface area contributed by atoms with Gasteiger partial charge in [-0.3, -0.25) is 14.7 Å². The van der Waals surface area contributed by atoms with Crippen LogP contribution in [0, 0.1) is 18.8 Å². The first-order valence-electron chi connectivity index (χ1n) is 9.13. The number of aromatic nitrogens is 2. The van der Waals surface area contributed by atoms with Crippen LogP contribution in [0.4, 0.5) is 0 Å². The van der Waals surface area contributed by atoms with E-state index >= 15 is 0 Å². The maximum atomic E-state index is 12.8. The van der Waals surface area contributed by atoms with Crippen LogP contribution in [0.15, 0.2) is 29.1 Å². The van der Waals surface area contributed by atoms with E-state index in [1.54, 1.807) is 4.68 Å². The van der Waals surface area contributed by atoms with Gasteiger partial charge in [0.05, 0.1) is 5.69 Å². The van der Waals surface area contributed by atoms with Crippen molar-refractivity contribution in [3.8, 4) is 5.69 Å². The number of amides is 1. The molecule has 1 amide bonds. The number of hydrogen-bond acceptors (Lipinski definition) is 2. The SMILES string of the molecule is Cc1ccc(-n2[nH]c3c(c2=O)CCC(C(=O)NCC(C)C)CC3)cc1. The van der Waals surface area contributed by atoms with Crippen LogP contribution in [-0.2, 0) is 17.6 Å². The van der Waals surface area contributed by atoms with E-state index < -0.39 is 0 Å². The molecule has 0 bridgehead atoms. The van der Waals surface area contributed by atoms with Crippen LogP contribution in [0.3, 0.4) is 0 Å². The first-order chi connectivity index (χ1) is 12.0. The quantitative estimate of drug-likeness (QED) is 0.840. The molecule has 0 fully saturated rings. The lowest BCUT2D eigenvalue weighted by Crippen LogP contribution is -2.33. The third kappa shape index (κ3) is 3.86. The molecule has 1 aromatic heterocycles. The van der Waals surface area contributed by atoms with Crippen LogP contribution in [0.5, 0.6) is 0 Å². The fourth-order valence-corrected chi connectivity index (χ4v) is 3.35. The van der Waals surface area contributed by atoms with Crippen molar-refractivity contribution in [2.24, 2.45) is 11.8 Å². The summed E-state index contributed by atoms with van der Waals surface area (Å²) in [5.41, 5.74) is 3.85. The van der Waals surface area contributed by atoms with E-state index in [1.807, 2.05) is 31.2 Å². The minimum absolute atomic E-state index is 0.00762. The Bertz CT molecular complexity index is 799. The van der Waals surface area contributed by atoms with Crippen molar-refractivity contribution < 1.29 is 4.79 Å². The monoisotopic (exact) mass is 341 g/mol. The lowest BCUT2D eigenvalue weighted by molar-refractivity contribution is -0.125. The largest absolute Gasteiger partial charge is 0.356 e. The summed E-state index contributed by atoms with van der Waals surface area (Å²) in [4.78, 5) is 25.1. The fraction of sp³-hybridized carbons (Fsp3) is 0.500. The van der Waals surface area contributed by atoms with Crippen LogP contribution < -0.4 is 10.9 Å². The molecule has 2 aromatic rings. The van der Waals surface area contributed by atoms with Gasteiger partial charge in [0, 0.05) is 23.7 Å². The molecule has 5 heteroatoms. The number of carbonyl (C=O) groups is 1. The van der Waals surface area contributed by atoms with Gasteiger partial charge >= 0.3 is 0 Å². The zero-order chi connectivity index (χ0) is 18.0. The molecule has 1 unspecified atom stereocenters.